The normalized spacial score (nSPS) is 15.5. The number of rotatable bonds is 9. The Kier molecular flexibility index (Phi) is 7.52. The number of benzene rings is 2. The Labute approximate surface area is 247 Å². The average Bonchev–Trinajstić information content (AvgIpc) is 3.69. The van der Waals surface area contributed by atoms with Crippen LogP contribution in [-0.4, -0.2) is 56.7 Å². The first-order valence-corrected chi connectivity index (χ1v) is 17.6. The van der Waals surface area contributed by atoms with Gasteiger partial charge in [0, 0.05) is 31.5 Å². The van der Waals surface area contributed by atoms with Gasteiger partial charge in [0.15, 0.2) is 11.5 Å². The maximum atomic E-state index is 15.4. The molecule has 1 aliphatic rings. The predicted octanol–water partition coefficient (Wildman–Crippen LogP) is 6.46. The summed E-state index contributed by atoms with van der Waals surface area (Å²) in [6, 6.07) is 14.4. The monoisotopic (exact) mass is 605 g/mol. The minimum absolute atomic E-state index is 0.141. The zero-order valence-corrected chi connectivity index (χ0v) is 25.1. The summed E-state index contributed by atoms with van der Waals surface area (Å²) in [5.74, 6) is 0.157. The van der Waals surface area contributed by atoms with Gasteiger partial charge in [0.1, 0.15) is 37.3 Å². The van der Waals surface area contributed by atoms with Crippen molar-refractivity contribution in [1.29, 1.82) is 0 Å². The van der Waals surface area contributed by atoms with E-state index >= 15 is 4.39 Å². The molecular weight excluding hydrogens is 577 g/mol. The number of carbonyl (C=O) groups excluding carboxylic acids is 1. The van der Waals surface area contributed by atoms with E-state index in [1.165, 1.54) is 17.3 Å². The van der Waals surface area contributed by atoms with Gasteiger partial charge < -0.3 is 9.47 Å². The fourth-order valence-corrected chi connectivity index (χ4v) is 5.75. The average molecular weight is 606 g/mol. The second kappa shape index (κ2) is 11.3. The lowest BCUT2D eigenvalue weighted by Crippen LogP contribution is -2.28. The summed E-state index contributed by atoms with van der Waals surface area (Å²) in [7, 11) is -1.19. The van der Waals surface area contributed by atoms with Crippen LogP contribution in [0.1, 0.15) is 11.6 Å². The first-order chi connectivity index (χ1) is 20.2. The molecule has 0 saturated carbocycles. The third-order valence-corrected chi connectivity index (χ3v) is 9.06. The number of cyclic esters (lactones) is 1. The lowest BCUT2D eigenvalue weighted by atomic mass is 10.1. The highest BCUT2D eigenvalue weighted by Gasteiger charge is 2.37. The number of amides is 1. The lowest BCUT2D eigenvalue weighted by molar-refractivity contribution is 0.0784. The van der Waals surface area contributed by atoms with Crippen molar-refractivity contribution >= 4 is 37.2 Å². The van der Waals surface area contributed by atoms with Gasteiger partial charge in [-0.2, -0.15) is 5.10 Å². The van der Waals surface area contributed by atoms with Crippen LogP contribution in [0.4, 0.5) is 15.0 Å². The number of ether oxygens (including phenoxy) is 2. The summed E-state index contributed by atoms with van der Waals surface area (Å²) in [6.45, 7) is 7.93. The maximum absolute atomic E-state index is 15.4. The van der Waals surface area contributed by atoms with Crippen LogP contribution < -0.4 is 4.90 Å². The molecule has 2 aromatic carbocycles. The molecule has 0 radical (unpaired) electrons. The number of nitrogens with zero attached hydrogens (tertiary/aromatic N) is 7. The van der Waals surface area contributed by atoms with Gasteiger partial charge in [-0.1, -0.05) is 55.5 Å². The zero-order valence-electron chi connectivity index (χ0n) is 23.4. The molecule has 1 amide bonds. The first kappa shape index (κ1) is 28.0. The van der Waals surface area contributed by atoms with Gasteiger partial charge in [-0.15, -0.1) is 5.10 Å². The summed E-state index contributed by atoms with van der Waals surface area (Å²) in [5, 5.41) is 9.29. The number of aromatic nitrogens is 6. The van der Waals surface area contributed by atoms with E-state index in [1.54, 1.807) is 45.9 Å². The molecule has 1 atom stereocenters. The van der Waals surface area contributed by atoms with E-state index in [0.29, 0.717) is 34.2 Å². The molecule has 0 N–H and O–H groups in total. The van der Waals surface area contributed by atoms with E-state index in [0.717, 1.165) is 11.6 Å². The molecule has 0 aliphatic carbocycles. The molecule has 6 rings (SSSR count). The van der Waals surface area contributed by atoms with Crippen molar-refractivity contribution in [3.63, 3.8) is 0 Å². The molecule has 0 spiro atoms. The van der Waals surface area contributed by atoms with E-state index in [9.17, 15) is 4.79 Å². The van der Waals surface area contributed by atoms with Gasteiger partial charge in [-0.05, 0) is 41.4 Å². The van der Waals surface area contributed by atoms with Crippen LogP contribution >= 0.6 is 11.6 Å². The zero-order chi connectivity index (χ0) is 29.4. The molecule has 13 heteroatoms. The van der Waals surface area contributed by atoms with Crippen LogP contribution in [0.5, 0.6) is 0 Å². The van der Waals surface area contributed by atoms with Gasteiger partial charge in [-0.25, -0.2) is 28.4 Å². The van der Waals surface area contributed by atoms with E-state index in [4.69, 9.17) is 26.1 Å². The van der Waals surface area contributed by atoms with Gasteiger partial charge >= 0.3 is 6.09 Å². The summed E-state index contributed by atoms with van der Waals surface area (Å²) in [6.07, 6.45) is 4.32. The topological polar surface area (TPSA) is 99.7 Å². The molecule has 0 unspecified atom stereocenters. The van der Waals surface area contributed by atoms with E-state index < -0.39 is 26.0 Å². The number of fused-ring (bicyclic) bond motifs is 1. The summed E-state index contributed by atoms with van der Waals surface area (Å²) >= 11 is 6.43. The number of halogens is 2. The van der Waals surface area contributed by atoms with Crippen molar-refractivity contribution in [2.75, 3.05) is 18.1 Å². The third-order valence-electron chi connectivity index (χ3n) is 7.02. The van der Waals surface area contributed by atoms with Crippen LogP contribution in [0.3, 0.4) is 0 Å². The number of carbonyl (C=O) groups is 1. The molecule has 1 aliphatic heterocycles. The minimum Gasteiger partial charge on any atom is -0.447 e. The molecule has 4 heterocycles. The molecular formula is C29H29ClFN7O3Si. The Morgan fingerprint density at radius 2 is 1.98 bits per heavy atom. The summed E-state index contributed by atoms with van der Waals surface area (Å²) in [5.41, 5.74) is 2.64. The minimum atomic E-state index is -1.19. The van der Waals surface area contributed by atoms with Gasteiger partial charge in [-0.3, -0.25) is 4.90 Å². The van der Waals surface area contributed by atoms with Crippen molar-refractivity contribution in [3.8, 4) is 22.5 Å². The second-order valence-electron chi connectivity index (χ2n) is 11.2. The maximum Gasteiger partial charge on any atom is 0.416 e. The molecule has 42 heavy (non-hydrogen) atoms. The Morgan fingerprint density at radius 1 is 1.14 bits per heavy atom. The molecule has 10 nitrogen and oxygen atoms in total. The van der Waals surface area contributed by atoms with Crippen molar-refractivity contribution in [1.82, 2.24) is 29.4 Å². The molecule has 0 bridgehead atoms. The molecule has 3 aromatic heterocycles. The van der Waals surface area contributed by atoms with E-state index in [2.05, 4.69) is 34.8 Å². The quantitative estimate of drug-likeness (QED) is 0.140. The Bertz CT molecular complexity index is 1770. The smallest absolute Gasteiger partial charge is 0.416 e. The Morgan fingerprint density at radius 3 is 2.76 bits per heavy atom. The number of hydrogen-bond acceptors (Lipinski definition) is 7. The number of anilines is 1. The SMILES string of the molecule is C[Si](C)(C)CCOCn1cnc(-c2ccc(-c3cnn4ccc(N5C(=O)OC[C@@H]5c5ccccc5Cl)nc34)cc2F)n1. The van der Waals surface area contributed by atoms with Crippen molar-refractivity contribution in [2.24, 2.45) is 0 Å². The summed E-state index contributed by atoms with van der Waals surface area (Å²) in [4.78, 5) is 23.2. The summed E-state index contributed by atoms with van der Waals surface area (Å²) < 4.78 is 29.6. The second-order valence-corrected chi connectivity index (χ2v) is 17.3. The Balaban J connectivity index is 1.25. The van der Waals surface area contributed by atoms with Crippen LogP contribution in [0, 0.1) is 5.82 Å². The Hall–Kier alpha value is -4.13. The van der Waals surface area contributed by atoms with Crippen molar-refractivity contribution < 1.29 is 18.7 Å². The van der Waals surface area contributed by atoms with Gasteiger partial charge in [0.25, 0.3) is 0 Å². The highest BCUT2D eigenvalue weighted by atomic mass is 35.5. The van der Waals surface area contributed by atoms with E-state index in [-0.39, 0.29) is 24.7 Å². The highest BCUT2D eigenvalue weighted by molar-refractivity contribution is 6.76. The fraction of sp³-hybridized carbons (Fsp3) is 0.276. The third kappa shape index (κ3) is 5.65. The standard InChI is InChI=1S/C29H29ClFN7O3Si/c1-42(2,3)13-12-40-18-36-17-32-27(35-36)21-9-8-19(14-24(21)31)22-15-33-37-11-10-26(34-28(22)37)38-25(16-41-29(38)39)20-6-4-5-7-23(20)30/h4-11,14-15,17,25H,12-13,16,18H2,1-3H3/t25-/m1/s1. The van der Waals surface area contributed by atoms with Crippen LogP contribution in [0.25, 0.3) is 28.2 Å². The van der Waals surface area contributed by atoms with Gasteiger partial charge in [0.2, 0.25) is 0 Å². The first-order valence-electron chi connectivity index (χ1n) is 13.5. The number of hydrogen-bond donors (Lipinski definition) is 0. The van der Waals surface area contributed by atoms with E-state index in [1.807, 2.05) is 18.2 Å². The molecule has 1 saturated heterocycles. The lowest BCUT2D eigenvalue weighted by Gasteiger charge is -2.21. The predicted molar refractivity (Wildman–Crippen MR) is 160 cm³/mol. The van der Waals surface area contributed by atoms with Gasteiger partial charge in [0.05, 0.1) is 11.8 Å². The molecule has 1 fully saturated rings. The molecule has 216 valence electrons. The fourth-order valence-electron chi connectivity index (χ4n) is 4.73. The van der Waals surface area contributed by atoms with Crippen molar-refractivity contribution in [3.05, 3.63) is 83.7 Å². The van der Waals surface area contributed by atoms with Crippen LogP contribution in [-0.2, 0) is 16.2 Å². The highest BCUT2D eigenvalue weighted by Crippen LogP contribution is 2.36. The van der Waals surface area contributed by atoms with Crippen LogP contribution in [0.2, 0.25) is 30.7 Å². The van der Waals surface area contributed by atoms with Crippen molar-refractivity contribution in [2.45, 2.75) is 38.5 Å². The molecule has 5 aromatic rings. The largest absolute Gasteiger partial charge is 0.447 e. The van der Waals surface area contributed by atoms with Crippen LogP contribution in [0.15, 0.2) is 67.3 Å².